The van der Waals surface area contributed by atoms with Gasteiger partial charge in [-0.1, -0.05) is 0 Å². The van der Waals surface area contributed by atoms with Gasteiger partial charge in [-0.3, -0.25) is 4.90 Å². The number of hydrogen-bond acceptors (Lipinski definition) is 6. The summed E-state index contributed by atoms with van der Waals surface area (Å²) in [4.78, 5) is 12.0. The van der Waals surface area contributed by atoms with Gasteiger partial charge in [-0.25, -0.2) is 14.4 Å². The Balaban J connectivity index is 1.53. The van der Waals surface area contributed by atoms with Crippen LogP contribution in [-0.4, -0.2) is 46.3 Å². The standard InChI is InChI=1S/C17H20FN3O2S/c1-11-15(24-10-20-11)9-21-8-14(16-13(21)5-3-7-22-16)23-17-12(18)4-2-6-19-17/h2,4,6,10,13-14,16H,3,5,7-9H2,1H3/t13-,14+,16+/m1/s1. The zero-order valence-corrected chi connectivity index (χ0v) is 14.3. The summed E-state index contributed by atoms with van der Waals surface area (Å²) in [7, 11) is 0. The molecule has 2 fully saturated rings. The van der Waals surface area contributed by atoms with Gasteiger partial charge in [0, 0.05) is 36.8 Å². The highest BCUT2D eigenvalue weighted by Gasteiger charge is 2.45. The second-order valence-corrected chi connectivity index (χ2v) is 7.22. The molecule has 7 heteroatoms. The molecule has 0 amide bonds. The predicted molar refractivity (Wildman–Crippen MR) is 88.6 cm³/mol. The third-order valence-corrected chi connectivity index (χ3v) is 5.68. The molecule has 3 atom stereocenters. The highest BCUT2D eigenvalue weighted by molar-refractivity contribution is 7.09. The first kappa shape index (κ1) is 15.9. The monoisotopic (exact) mass is 349 g/mol. The number of ether oxygens (including phenoxy) is 2. The lowest BCUT2D eigenvalue weighted by Gasteiger charge is -2.32. The molecule has 0 radical (unpaired) electrons. The Bertz CT molecular complexity index is 711. The number of pyridine rings is 1. The molecule has 2 aliphatic heterocycles. The Hall–Kier alpha value is -1.57. The summed E-state index contributed by atoms with van der Waals surface area (Å²) in [5, 5.41) is 0. The van der Waals surface area contributed by atoms with E-state index in [0.29, 0.717) is 12.6 Å². The lowest BCUT2D eigenvalue weighted by atomic mass is 10.0. The summed E-state index contributed by atoms with van der Waals surface area (Å²) < 4.78 is 25.7. The van der Waals surface area contributed by atoms with Crippen LogP contribution in [0, 0.1) is 12.7 Å². The largest absolute Gasteiger partial charge is 0.468 e. The maximum atomic E-state index is 13.9. The van der Waals surface area contributed by atoms with Gasteiger partial charge in [0.2, 0.25) is 0 Å². The first-order valence-electron chi connectivity index (χ1n) is 8.24. The van der Waals surface area contributed by atoms with Crippen molar-refractivity contribution in [2.75, 3.05) is 13.2 Å². The SMILES string of the molecule is Cc1ncsc1CN1C[C@H](Oc2ncccc2F)[C@H]2OCCC[C@H]21. The fourth-order valence-electron chi connectivity index (χ4n) is 3.55. The van der Waals surface area contributed by atoms with Crippen molar-refractivity contribution in [3.05, 3.63) is 40.2 Å². The highest BCUT2D eigenvalue weighted by atomic mass is 32.1. The zero-order chi connectivity index (χ0) is 16.5. The number of aryl methyl sites for hydroxylation is 1. The lowest BCUT2D eigenvalue weighted by Crippen LogP contribution is -2.42. The van der Waals surface area contributed by atoms with Gasteiger partial charge >= 0.3 is 0 Å². The lowest BCUT2D eigenvalue weighted by molar-refractivity contribution is -0.0486. The summed E-state index contributed by atoms with van der Waals surface area (Å²) in [6, 6.07) is 3.24. The number of thiazole rings is 1. The minimum absolute atomic E-state index is 0.0339. The second kappa shape index (κ2) is 6.74. The number of nitrogens with zero attached hydrogens (tertiary/aromatic N) is 3. The molecule has 2 aromatic heterocycles. The smallest absolute Gasteiger partial charge is 0.250 e. The van der Waals surface area contributed by atoms with Crippen molar-refractivity contribution >= 4 is 11.3 Å². The maximum absolute atomic E-state index is 13.9. The van der Waals surface area contributed by atoms with Crippen LogP contribution in [-0.2, 0) is 11.3 Å². The van der Waals surface area contributed by atoms with Crippen LogP contribution in [0.3, 0.4) is 0 Å². The van der Waals surface area contributed by atoms with Crippen molar-refractivity contribution < 1.29 is 13.9 Å². The average molecular weight is 349 g/mol. The molecule has 0 aromatic carbocycles. The first-order chi connectivity index (χ1) is 11.7. The molecule has 24 heavy (non-hydrogen) atoms. The molecule has 4 rings (SSSR count). The summed E-state index contributed by atoms with van der Waals surface area (Å²) in [6.07, 6.45) is 3.43. The third-order valence-electron chi connectivity index (χ3n) is 4.76. The molecular formula is C17H20FN3O2S. The van der Waals surface area contributed by atoms with E-state index in [9.17, 15) is 4.39 Å². The van der Waals surface area contributed by atoms with Crippen LogP contribution in [0.25, 0.3) is 0 Å². The topological polar surface area (TPSA) is 47.5 Å². The Labute approximate surface area is 144 Å². The van der Waals surface area contributed by atoms with Gasteiger partial charge in [0.25, 0.3) is 5.88 Å². The molecule has 0 N–H and O–H groups in total. The number of aromatic nitrogens is 2. The van der Waals surface area contributed by atoms with E-state index < -0.39 is 5.82 Å². The van der Waals surface area contributed by atoms with Crippen LogP contribution < -0.4 is 4.74 Å². The van der Waals surface area contributed by atoms with Crippen molar-refractivity contribution in [2.24, 2.45) is 0 Å². The van der Waals surface area contributed by atoms with Crippen LogP contribution >= 0.6 is 11.3 Å². The minimum Gasteiger partial charge on any atom is -0.468 e. The number of likely N-dealkylation sites (tertiary alicyclic amines) is 1. The van der Waals surface area contributed by atoms with E-state index in [0.717, 1.165) is 31.7 Å². The average Bonchev–Trinajstić information content (AvgIpc) is 3.15. The van der Waals surface area contributed by atoms with Crippen molar-refractivity contribution in [1.82, 2.24) is 14.9 Å². The Morgan fingerprint density at radius 2 is 2.38 bits per heavy atom. The normalized spacial score (nSPS) is 27.2. The zero-order valence-electron chi connectivity index (χ0n) is 13.5. The van der Waals surface area contributed by atoms with E-state index in [4.69, 9.17) is 9.47 Å². The molecule has 5 nitrogen and oxygen atoms in total. The molecule has 0 spiro atoms. The molecule has 0 bridgehead atoms. The molecule has 2 aliphatic rings. The van der Waals surface area contributed by atoms with Gasteiger partial charge in [-0.15, -0.1) is 11.3 Å². The van der Waals surface area contributed by atoms with Gasteiger partial charge < -0.3 is 9.47 Å². The molecule has 128 valence electrons. The first-order valence-corrected chi connectivity index (χ1v) is 9.12. The molecule has 0 saturated carbocycles. The summed E-state index contributed by atoms with van der Waals surface area (Å²) in [6.45, 7) is 4.32. The predicted octanol–water partition coefficient (Wildman–Crippen LogP) is 2.80. The Morgan fingerprint density at radius 3 is 3.17 bits per heavy atom. The fourth-order valence-corrected chi connectivity index (χ4v) is 4.35. The van der Waals surface area contributed by atoms with E-state index in [1.54, 1.807) is 23.6 Å². The quantitative estimate of drug-likeness (QED) is 0.849. The molecule has 2 saturated heterocycles. The van der Waals surface area contributed by atoms with E-state index in [1.165, 1.54) is 10.9 Å². The minimum atomic E-state index is -0.429. The number of fused-ring (bicyclic) bond motifs is 1. The molecule has 2 aromatic rings. The third kappa shape index (κ3) is 3.03. The molecule has 4 heterocycles. The van der Waals surface area contributed by atoms with Crippen molar-refractivity contribution in [3.8, 4) is 5.88 Å². The van der Waals surface area contributed by atoms with Crippen molar-refractivity contribution in [3.63, 3.8) is 0 Å². The van der Waals surface area contributed by atoms with E-state index in [1.807, 2.05) is 12.4 Å². The maximum Gasteiger partial charge on any atom is 0.250 e. The Kier molecular flexibility index (Phi) is 4.47. The molecular weight excluding hydrogens is 329 g/mol. The number of hydrogen-bond donors (Lipinski definition) is 0. The van der Waals surface area contributed by atoms with E-state index in [2.05, 4.69) is 14.9 Å². The summed E-state index contributed by atoms with van der Waals surface area (Å²) in [5.41, 5.74) is 2.96. The summed E-state index contributed by atoms with van der Waals surface area (Å²) in [5.74, 6) is -0.368. The Morgan fingerprint density at radius 1 is 1.46 bits per heavy atom. The van der Waals surface area contributed by atoms with Gasteiger partial charge in [-0.05, 0) is 31.9 Å². The van der Waals surface area contributed by atoms with Crippen LogP contribution in [0.5, 0.6) is 5.88 Å². The van der Waals surface area contributed by atoms with Gasteiger partial charge in [0.05, 0.1) is 11.2 Å². The molecule has 0 unspecified atom stereocenters. The van der Waals surface area contributed by atoms with Crippen molar-refractivity contribution in [1.29, 1.82) is 0 Å². The highest BCUT2D eigenvalue weighted by Crippen LogP contribution is 2.33. The fraction of sp³-hybridized carbons (Fsp3) is 0.529. The van der Waals surface area contributed by atoms with Gasteiger partial charge in [0.1, 0.15) is 12.2 Å². The number of halogens is 1. The van der Waals surface area contributed by atoms with Crippen LogP contribution in [0.1, 0.15) is 23.4 Å². The number of rotatable bonds is 4. The van der Waals surface area contributed by atoms with E-state index >= 15 is 0 Å². The van der Waals surface area contributed by atoms with Crippen LogP contribution in [0.2, 0.25) is 0 Å². The van der Waals surface area contributed by atoms with Gasteiger partial charge in [0.15, 0.2) is 5.82 Å². The van der Waals surface area contributed by atoms with Crippen LogP contribution in [0.4, 0.5) is 4.39 Å². The van der Waals surface area contributed by atoms with E-state index in [-0.39, 0.29) is 18.1 Å². The van der Waals surface area contributed by atoms with Crippen molar-refractivity contribution in [2.45, 2.75) is 44.6 Å². The van der Waals surface area contributed by atoms with Gasteiger partial charge in [-0.2, -0.15) is 0 Å². The summed E-state index contributed by atoms with van der Waals surface area (Å²) >= 11 is 1.68. The molecule has 0 aliphatic carbocycles. The second-order valence-electron chi connectivity index (χ2n) is 6.28. The van der Waals surface area contributed by atoms with Crippen LogP contribution in [0.15, 0.2) is 23.8 Å².